The molecular formula is C14H17NO4S. The highest BCUT2D eigenvalue weighted by Gasteiger charge is 2.24. The molecule has 0 unspecified atom stereocenters. The van der Waals surface area contributed by atoms with Crippen LogP contribution in [-0.4, -0.2) is 20.6 Å². The molecule has 108 valence electrons. The van der Waals surface area contributed by atoms with Crippen molar-refractivity contribution in [1.29, 1.82) is 0 Å². The zero-order chi connectivity index (χ0) is 14.8. The molecule has 1 heterocycles. The predicted octanol–water partition coefficient (Wildman–Crippen LogP) is 2.16. The van der Waals surface area contributed by atoms with E-state index in [0.717, 1.165) is 16.3 Å². The molecule has 0 saturated heterocycles. The zero-order valence-corrected chi connectivity index (χ0v) is 12.2. The number of anilines is 1. The summed E-state index contributed by atoms with van der Waals surface area (Å²) >= 11 is 0. The minimum Gasteiger partial charge on any atom is -0.445 e. The molecule has 0 aliphatic rings. The van der Waals surface area contributed by atoms with Gasteiger partial charge in [-0.05, 0) is 36.2 Å². The van der Waals surface area contributed by atoms with E-state index in [2.05, 4.69) is 0 Å². The van der Waals surface area contributed by atoms with Gasteiger partial charge in [-0.3, -0.25) is 4.31 Å². The number of benzene rings is 1. The second-order valence-electron chi connectivity index (χ2n) is 4.37. The van der Waals surface area contributed by atoms with Gasteiger partial charge in [-0.25, -0.2) is 0 Å². The summed E-state index contributed by atoms with van der Waals surface area (Å²) in [6, 6.07) is 10.1. The van der Waals surface area contributed by atoms with Gasteiger partial charge in [0.2, 0.25) is 5.09 Å². The first-order valence-electron chi connectivity index (χ1n) is 6.26. The van der Waals surface area contributed by atoms with E-state index in [4.69, 9.17) is 9.52 Å². The first-order chi connectivity index (χ1) is 9.48. The third-order valence-electron chi connectivity index (χ3n) is 3.12. The Bertz CT molecular complexity index is 673. The molecule has 0 saturated carbocycles. The Morgan fingerprint density at radius 3 is 2.30 bits per heavy atom. The van der Waals surface area contributed by atoms with Crippen LogP contribution in [-0.2, 0) is 23.1 Å². The van der Waals surface area contributed by atoms with Crippen molar-refractivity contribution in [2.75, 3.05) is 11.4 Å². The van der Waals surface area contributed by atoms with Crippen LogP contribution in [0.5, 0.6) is 0 Å². The van der Waals surface area contributed by atoms with Gasteiger partial charge in [-0.1, -0.05) is 19.1 Å². The topological polar surface area (TPSA) is 70.8 Å². The molecule has 0 aliphatic carbocycles. The highest BCUT2D eigenvalue weighted by atomic mass is 32.2. The summed E-state index contributed by atoms with van der Waals surface area (Å²) in [7, 11) is -2.28. The lowest BCUT2D eigenvalue weighted by Crippen LogP contribution is -2.26. The second-order valence-corrected chi connectivity index (χ2v) is 6.27. The number of nitrogens with zero attached hydrogens (tertiary/aromatic N) is 1. The number of rotatable bonds is 5. The molecule has 5 nitrogen and oxygen atoms in total. The van der Waals surface area contributed by atoms with Crippen molar-refractivity contribution in [2.45, 2.75) is 25.0 Å². The first-order valence-corrected chi connectivity index (χ1v) is 7.70. The normalized spacial score (nSPS) is 11.6. The Morgan fingerprint density at radius 1 is 1.15 bits per heavy atom. The van der Waals surface area contributed by atoms with Gasteiger partial charge in [0.05, 0.1) is 5.69 Å². The first kappa shape index (κ1) is 14.6. The maximum atomic E-state index is 12.4. The van der Waals surface area contributed by atoms with Crippen LogP contribution >= 0.6 is 0 Å². The third kappa shape index (κ3) is 2.71. The van der Waals surface area contributed by atoms with Gasteiger partial charge in [0.15, 0.2) is 0 Å². The fourth-order valence-corrected chi connectivity index (χ4v) is 2.92. The Morgan fingerprint density at radius 2 is 1.80 bits per heavy atom. The van der Waals surface area contributed by atoms with Crippen LogP contribution in [0.2, 0.25) is 0 Å². The van der Waals surface area contributed by atoms with Crippen molar-refractivity contribution >= 4 is 15.7 Å². The third-order valence-corrected chi connectivity index (χ3v) is 4.78. The number of aryl methyl sites for hydroxylation is 1. The minimum absolute atomic E-state index is 0.177. The molecule has 6 heteroatoms. The monoisotopic (exact) mass is 295 g/mol. The predicted molar refractivity (Wildman–Crippen MR) is 76.0 cm³/mol. The largest absolute Gasteiger partial charge is 0.445 e. The van der Waals surface area contributed by atoms with E-state index < -0.39 is 10.0 Å². The average Bonchev–Trinajstić information content (AvgIpc) is 2.96. The molecule has 0 amide bonds. The SMILES string of the molecule is CCc1ccc(N(C)S(=O)(=O)c2ccc(CO)o2)cc1. The summed E-state index contributed by atoms with van der Waals surface area (Å²) in [5.74, 6) is 0.221. The van der Waals surface area contributed by atoms with E-state index in [1.165, 1.54) is 19.2 Å². The summed E-state index contributed by atoms with van der Waals surface area (Å²) < 4.78 is 31.0. The van der Waals surface area contributed by atoms with E-state index in [-0.39, 0.29) is 17.5 Å². The Kier molecular flexibility index (Phi) is 4.15. The number of furan rings is 1. The van der Waals surface area contributed by atoms with E-state index >= 15 is 0 Å². The van der Waals surface area contributed by atoms with Crippen molar-refractivity contribution in [3.63, 3.8) is 0 Å². The maximum Gasteiger partial charge on any atom is 0.297 e. The molecule has 0 radical (unpaired) electrons. The van der Waals surface area contributed by atoms with Crippen LogP contribution in [0.4, 0.5) is 5.69 Å². The maximum absolute atomic E-state index is 12.4. The summed E-state index contributed by atoms with van der Waals surface area (Å²) in [4.78, 5) is 0. The van der Waals surface area contributed by atoms with Gasteiger partial charge in [0.1, 0.15) is 12.4 Å². The van der Waals surface area contributed by atoms with Crippen LogP contribution in [0.25, 0.3) is 0 Å². The molecule has 2 aromatic rings. The summed E-state index contributed by atoms with van der Waals surface area (Å²) in [6.45, 7) is 1.71. The van der Waals surface area contributed by atoms with Gasteiger partial charge in [-0.15, -0.1) is 0 Å². The van der Waals surface area contributed by atoms with Crippen molar-refractivity contribution in [3.05, 3.63) is 47.7 Å². The van der Waals surface area contributed by atoms with Crippen molar-refractivity contribution in [1.82, 2.24) is 0 Å². The van der Waals surface area contributed by atoms with Gasteiger partial charge in [0.25, 0.3) is 10.0 Å². The second kappa shape index (κ2) is 5.68. The average molecular weight is 295 g/mol. The molecule has 0 atom stereocenters. The molecule has 2 rings (SSSR count). The van der Waals surface area contributed by atoms with Gasteiger partial charge in [0, 0.05) is 7.05 Å². The number of sulfonamides is 1. The summed E-state index contributed by atoms with van der Waals surface area (Å²) in [5, 5.41) is 8.75. The Balaban J connectivity index is 2.32. The molecule has 1 N–H and O–H groups in total. The summed E-state index contributed by atoms with van der Waals surface area (Å²) in [5.41, 5.74) is 1.70. The van der Waals surface area contributed by atoms with E-state index in [0.29, 0.717) is 5.69 Å². The molecular weight excluding hydrogens is 278 g/mol. The van der Waals surface area contributed by atoms with Crippen molar-refractivity contribution in [2.24, 2.45) is 0 Å². The molecule has 1 aromatic carbocycles. The number of aliphatic hydroxyl groups is 1. The van der Waals surface area contributed by atoms with Crippen LogP contribution in [0.3, 0.4) is 0 Å². The molecule has 0 aliphatic heterocycles. The fourth-order valence-electron chi connectivity index (χ4n) is 1.80. The number of hydrogen-bond acceptors (Lipinski definition) is 4. The van der Waals surface area contributed by atoms with Crippen molar-refractivity contribution < 1.29 is 17.9 Å². The van der Waals surface area contributed by atoms with Gasteiger partial charge >= 0.3 is 0 Å². The van der Waals surface area contributed by atoms with E-state index in [1.54, 1.807) is 12.1 Å². The number of hydrogen-bond donors (Lipinski definition) is 1. The zero-order valence-electron chi connectivity index (χ0n) is 11.4. The number of aliphatic hydroxyl groups excluding tert-OH is 1. The standard InChI is InChI=1S/C14H17NO4S/c1-3-11-4-6-12(7-5-11)15(2)20(17,18)14-9-8-13(10-16)19-14/h4-9,16H,3,10H2,1-2H3. The van der Waals surface area contributed by atoms with Gasteiger partial charge in [-0.2, -0.15) is 8.42 Å². The lowest BCUT2D eigenvalue weighted by Gasteiger charge is -2.18. The molecule has 20 heavy (non-hydrogen) atoms. The van der Waals surface area contributed by atoms with E-state index in [1.807, 2.05) is 19.1 Å². The Hall–Kier alpha value is -1.79. The van der Waals surface area contributed by atoms with Crippen LogP contribution in [0.1, 0.15) is 18.2 Å². The van der Waals surface area contributed by atoms with Crippen LogP contribution in [0, 0.1) is 0 Å². The highest BCUT2D eigenvalue weighted by molar-refractivity contribution is 7.92. The van der Waals surface area contributed by atoms with E-state index in [9.17, 15) is 8.42 Å². The summed E-state index contributed by atoms with van der Waals surface area (Å²) in [6.07, 6.45) is 0.898. The van der Waals surface area contributed by atoms with Gasteiger partial charge < -0.3 is 9.52 Å². The lowest BCUT2D eigenvalue weighted by molar-refractivity contribution is 0.236. The van der Waals surface area contributed by atoms with Crippen molar-refractivity contribution in [3.8, 4) is 0 Å². The van der Waals surface area contributed by atoms with Crippen LogP contribution < -0.4 is 4.31 Å². The smallest absolute Gasteiger partial charge is 0.297 e. The quantitative estimate of drug-likeness (QED) is 0.917. The van der Waals surface area contributed by atoms with Crippen LogP contribution in [0.15, 0.2) is 45.9 Å². The highest BCUT2D eigenvalue weighted by Crippen LogP contribution is 2.24. The molecule has 0 bridgehead atoms. The Labute approximate surface area is 118 Å². The molecule has 0 fully saturated rings. The fraction of sp³-hybridized carbons (Fsp3) is 0.286. The minimum atomic E-state index is -3.75. The molecule has 0 spiro atoms. The molecule has 1 aromatic heterocycles. The lowest BCUT2D eigenvalue weighted by atomic mass is 10.1.